The van der Waals surface area contributed by atoms with Gasteiger partial charge >= 0.3 is 6.18 Å². The van der Waals surface area contributed by atoms with Crippen LogP contribution in [0.15, 0.2) is 42.5 Å². The summed E-state index contributed by atoms with van der Waals surface area (Å²) in [5, 5.41) is 16.8. The van der Waals surface area contributed by atoms with Gasteiger partial charge in [-0.3, -0.25) is 14.4 Å². The fourth-order valence-electron chi connectivity index (χ4n) is 5.79. The molecule has 1 unspecified atom stereocenters. The van der Waals surface area contributed by atoms with Crippen LogP contribution in [0.5, 0.6) is 5.75 Å². The number of nitrogens with zero attached hydrogens (tertiary/aromatic N) is 6. The van der Waals surface area contributed by atoms with E-state index in [1.165, 1.54) is 19.1 Å². The van der Waals surface area contributed by atoms with E-state index in [9.17, 15) is 23.1 Å². The summed E-state index contributed by atoms with van der Waals surface area (Å²) in [6.45, 7) is 6.21. The van der Waals surface area contributed by atoms with Gasteiger partial charge in [0.2, 0.25) is 5.91 Å². The SMILES string of the molecule is COc1ccc2nc(N3CCN(CC(O)Cn4nc(-c5ccc(C(F)(F)F)cc5)c5c4CCN(C(C)=O)C5)CC3)sc2c1. The van der Waals surface area contributed by atoms with Crippen molar-refractivity contribution >= 4 is 32.6 Å². The molecule has 6 rings (SSSR count). The van der Waals surface area contributed by atoms with E-state index >= 15 is 0 Å². The van der Waals surface area contributed by atoms with Crippen molar-refractivity contribution in [3.63, 3.8) is 0 Å². The smallest absolute Gasteiger partial charge is 0.416 e. The number of aliphatic hydroxyl groups excluding tert-OH is 1. The van der Waals surface area contributed by atoms with Crippen molar-refractivity contribution in [1.82, 2.24) is 24.6 Å². The van der Waals surface area contributed by atoms with Gasteiger partial charge in [-0.25, -0.2) is 4.98 Å². The Morgan fingerprint density at radius 3 is 2.49 bits per heavy atom. The first-order valence-corrected chi connectivity index (χ1v) is 15.0. The van der Waals surface area contributed by atoms with E-state index in [0.717, 1.165) is 70.7 Å². The number of hydrogen-bond donors (Lipinski definition) is 1. The number of carbonyl (C=O) groups excluding carboxylic acids is 1. The summed E-state index contributed by atoms with van der Waals surface area (Å²) in [6.07, 6.45) is -4.57. The highest BCUT2D eigenvalue weighted by atomic mass is 32.1. The van der Waals surface area contributed by atoms with Crippen LogP contribution in [0.4, 0.5) is 18.3 Å². The first-order chi connectivity index (χ1) is 20.6. The zero-order chi connectivity index (χ0) is 30.3. The third-order valence-corrected chi connectivity index (χ3v) is 9.22. The molecule has 0 aliphatic carbocycles. The number of piperazine rings is 1. The second-order valence-corrected chi connectivity index (χ2v) is 12.0. The number of rotatable bonds is 7. The molecule has 1 N–H and O–H groups in total. The number of aromatic nitrogens is 3. The first kappa shape index (κ1) is 29.4. The van der Waals surface area contributed by atoms with Crippen LogP contribution in [-0.4, -0.2) is 88.1 Å². The van der Waals surface area contributed by atoms with Gasteiger partial charge in [0.1, 0.15) is 5.75 Å². The Bertz CT molecular complexity index is 1610. The Morgan fingerprint density at radius 2 is 1.81 bits per heavy atom. The molecule has 0 radical (unpaired) electrons. The predicted molar refractivity (Wildman–Crippen MR) is 158 cm³/mol. The lowest BCUT2D eigenvalue weighted by molar-refractivity contribution is -0.137. The summed E-state index contributed by atoms with van der Waals surface area (Å²) in [5.41, 5.74) is 3.03. The molecule has 0 bridgehead atoms. The lowest BCUT2D eigenvalue weighted by atomic mass is 10.00. The van der Waals surface area contributed by atoms with E-state index in [4.69, 9.17) is 14.8 Å². The topological polar surface area (TPSA) is 87.0 Å². The third-order valence-electron chi connectivity index (χ3n) is 8.14. The standard InChI is InChI=1S/C30H33F3N6O3S/c1-19(40)38-10-9-26-24(18-38)28(20-3-5-21(6-4-20)30(31,32)33)35-39(26)17-22(41)16-36-11-13-37(14-12-36)29-34-25-8-7-23(42-2)15-27(25)43-29/h3-8,15,22,41H,9-14,16-18H2,1-2H3. The zero-order valence-electron chi connectivity index (χ0n) is 24.0. The summed E-state index contributed by atoms with van der Waals surface area (Å²) in [5.74, 6) is 0.740. The number of β-amino-alcohol motifs (C(OH)–C–C–N with tert-alkyl or cyclic N) is 1. The summed E-state index contributed by atoms with van der Waals surface area (Å²) < 4.78 is 47.6. The van der Waals surface area contributed by atoms with Crippen molar-refractivity contribution < 1.29 is 27.8 Å². The Labute approximate surface area is 251 Å². The Balaban J connectivity index is 1.13. The molecule has 2 aromatic heterocycles. The minimum atomic E-state index is -4.43. The molecule has 2 aromatic carbocycles. The number of ether oxygens (including phenoxy) is 1. The number of methoxy groups -OCH3 is 1. The monoisotopic (exact) mass is 614 g/mol. The van der Waals surface area contributed by atoms with Gasteiger partial charge in [-0.05, 0) is 30.3 Å². The molecule has 1 atom stereocenters. The summed E-state index contributed by atoms with van der Waals surface area (Å²) in [4.78, 5) is 23.1. The molecule has 1 amide bonds. The molecule has 13 heteroatoms. The number of carbonyl (C=O) groups is 1. The van der Waals surface area contributed by atoms with Crippen LogP contribution in [-0.2, 0) is 30.5 Å². The number of halogens is 3. The van der Waals surface area contributed by atoms with E-state index in [2.05, 4.69) is 9.80 Å². The number of benzene rings is 2. The maximum Gasteiger partial charge on any atom is 0.416 e. The lowest BCUT2D eigenvalue weighted by Crippen LogP contribution is -2.49. The predicted octanol–water partition coefficient (Wildman–Crippen LogP) is 4.27. The van der Waals surface area contributed by atoms with Gasteiger partial charge in [0.25, 0.3) is 0 Å². The minimum Gasteiger partial charge on any atom is -0.497 e. The summed E-state index contributed by atoms with van der Waals surface area (Å²) in [7, 11) is 1.65. The molecular formula is C30H33F3N6O3S. The van der Waals surface area contributed by atoms with Gasteiger partial charge in [-0.2, -0.15) is 18.3 Å². The number of alkyl halides is 3. The molecule has 228 valence electrons. The average molecular weight is 615 g/mol. The van der Waals surface area contributed by atoms with Gasteiger partial charge in [0, 0.05) is 76.0 Å². The number of thiazole rings is 1. The minimum absolute atomic E-state index is 0.0680. The molecule has 0 spiro atoms. The molecule has 4 aromatic rings. The van der Waals surface area contributed by atoms with Gasteiger partial charge in [0.05, 0.1) is 41.2 Å². The summed E-state index contributed by atoms with van der Waals surface area (Å²) in [6, 6.07) is 10.8. The molecular weight excluding hydrogens is 581 g/mol. The molecule has 9 nitrogen and oxygen atoms in total. The highest BCUT2D eigenvalue weighted by molar-refractivity contribution is 7.22. The number of fused-ring (bicyclic) bond motifs is 2. The number of aliphatic hydroxyl groups is 1. The fourth-order valence-corrected chi connectivity index (χ4v) is 6.84. The molecule has 43 heavy (non-hydrogen) atoms. The van der Waals surface area contributed by atoms with Crippen LogP contribution in [0.3, 0.4) is 0 Å². The van der Waals surface area contributed by atoms with Crippen molar-refractivity contribution in [3.8, 4) is 17.0 Å². The normalized spacial score (nSPS) is 16.9. The Morgan fingerprint density at radius 1 is 1.07 bits per heavy atom. The Kier molecular flexibility index (Phi) is 8.05. The molecule has 0 saturated carbocycles. The van der Waals surface area contributed by atoms with Crippen LogP contribution in [0.1, 0.15) is 23.7 Å². The quantitative estimate of drug-likeness (QED) is 0.333. The van der Waals surface area contributed by atoms with E-state index in [1.807, 2.05) is 18.2 Å². The van der Waals surface area contributed by atoms with Crippen molar-refractivity contribution in [2.45, 2.75) is 38.7 Å². The Hall–Kier alpha value is -3.68. The van der Waals surface area contributed by atoms with Crippen molar-refractivity contribution in [2.75, 3.05) is 51.3 Å². The fraction of sp³-hybridized carbons (Fsp3) is 0.433. The average Bonchev–Trinajstić information content (AvgIpc) is 3.58. The van der Waals surface area contributed by atoms with Gasteiger partial charge in [0.15, 0.2) is 5.13 Å². The van der Waals surface area contributed by atoms with Gasteiger partial charge in [-0.1, -0.05) is 23.5 Å². The second kappa shape index (κ2) is 11.8. The van der Waals surface area contributed by atoms with Crippen molar-refractivity contribution in [3.05, 3.63) is 59.3 Å². The highest BCUT2D eigenvalue weighted by Crippen LogP contribution is 2.35. The second-order valence-electron chi connectivity index (χ2n) is 11.0. The van der Waals surface area contributed by atoms with Crippen LogP contribution in [0, 0.1) is 0 Å². The molecule has 4 heterocycles. The van der Waals surface area contributed by atoms with Crippen LogP contribution in [0.2, 0.25) is 0 Å². The van der Waals surface area contributed by atoms with Crippen molar-refractivity contribution in [2.24, 2.45) is 0 Å². The van der Waals surface area contributed by atoms with E-state index in [-0.39, 0.29) is 12.5 Å². The third kappa shape index (κ3) is 6.20. The number of hydrogen-bond acceptors (Lipinski definition) is 8. The van der Waals surface area contributed by atoms with Crippen molar-refractivity contribution in [1.29, 1.82) is 0 Å². The highest BCUT2D eigenvalue weighted by Gasteiger charge is 2.32. The molecule has 1 saturated heterocycles. The largest absolute Gasteiger partial charge is 0.497 e. The molecule has 2 aliphatic heterocycles. The van der Waals surface area contributed by atoms with Crippen LogP contribution >= 0.6 is 11.3 Å². The van der Waals surface area contributed by atoms with Gasteiger partial charge in [-0.15, -0.1) is 0 Å². The number of amides is 1. The first-order valence-electron chi connectivity index (χ1n) is 14.2. The number of anilines is 1. The maximum absolute atomic E-state index is 13.1. The van der Waals surface area contributed by atoms with Crippen LogP contribution in [0.25, 0.3) is 21.5 Å². The van der Waals surface area contributed by atoms with Gasteiger partial charge < -0.3 is 19.6 Å². The maximum atomic E-state index is 13.1. The van der Waals surface area contributed by atoms with E-state index in [0.29, 0.717) is 37.3 Å². The molecule has 2 aliphatic rings. The van der Waals surface area contributed by atoms with E-state index in [1.54, 1.807) is 28.0 Å². The lowest BCUT2D eigenvalue weighted by Gasteiger charge is -2.35. The van der Waals surface area contributed by atoms with E-state index < -0.39 is 17.8 Å². The summed E-state index contributed by atoms with van der Waals surface area (Å²) >= 11 is 1.64. The van der Waals surface area contributed by atoms with Crippen LogP contribution < -0.4 is 9.64 Å². The zero-order valence-corrected chi connectivity index (χ0v) is 24.8. The molecule has 1 fully saturated rings.